The number of carbonyl (C=O) groups is 1. The fraction of sp³-hybridized carbons (Fsp3) is 0.533. The molecule has 0 unspecified atom stereocenters. The van der Waals surface area contributed by atoms with E-state index in [0.29, 0.717) is 42.8 Å². The number of amides is 1. The van der Waals surface area contributed by atoms with Crippen LogP contribution in [-0.2, 0) is 4.79 Å². The highest BCUT2D eigenvalue weighted by Crippen LogP contribution is 2.44. The van der Waals surface area contributed by atoms with E-state index in [-0.39, 0.29) is 5.91 Å². The van der Waals surface area contributed by atoms with Gasteiger partial charge in [0.05, 0.1) is 26.1 Å². The van der Waals surface area contributed by atoms with Crippen LogP contribution in [0, 0.1) is 5.92 Å². The van der Waals surface area contributed by atoms with Crippen LogP contribution in [0.1, 0.15) is 19.3 Å². The van der Waals surface area contributed by atoms with E-state index in [1.54, 1.807) is 17.0 Å². The molecule has 4 nitrogen and oxygen atoms in total. The van der Waals surface area contributed by atoms with Gasteiger partial charge in [-0.05, 0) is 37.0 Å². The molecule has 1 aliphatic carbocycles. The predicted octanol–water partition coefficient (Wildman–Crippen LogP) is 2.09. The molecule has 20 heavy (non-hydrogen) atoms. The number of likely N-dealkylation sites (tertiary alicyclic amines) is 1. The molecule has 1 heterocycles. The highest BCUT2D eigenvalue weighted by atomic mass is 35.5. The van der Waals surface area contributed by atoms with Crippen LogP contribution in [0.25, 0.3) is 0 Å². The number of ether oxygens (including phenoxy) is 1. The normalized spacial score (nSPS) is 20.4. The maximum absolute atomic E-state index is 11.9. The minimum absolute atomic E-state index is 0.0392. The fourth-order valence-electron chi connectivity index (χ4n) is 2.64. The number of halogens is 1. The van der Waals surface area contributed by atoms with Gasteiger partial charge in [0.15, 0.2) is 0 Å². The van der Waals surface area contributed by atoms with Gasteiger partial charge < -0.3 is 14.7 Å². The molecule has 1 saturated heterocycles. The molecule has 2 aliphatic rings. The van der Waals surface area contributed by atoms with Gasteiger partial charge in [0, 0.05) is 5.02 Å². The summed E-state index contributed by atoms with van der Waals surface area (Å²) in [4.78, 5) is 13.6. The summed E-state index contributed by atoms with van der Waals surface area (Å²) in [7, 11) is 0. The molecule has 5 heteroatoms. The zero-order valence-corrected chi connectivity index (χ0v) is 12.0. The lowest BCUT2D eigenvalue weighted by Crippen LogP contribution is -2.64. The summed E-state index contributed by atoms with van der Waals surface area (Å²) in [6, 6.07) is 7.12. The van der Waals surface area contributed by atoms with Crippen molar-refractivity contribution < 1.29 is 14.6 Å². The van der Waals surface area contributed by atoms with E-state index >= 15 is 0 Å². The largest absolute Gasteiger partial charge is 0.493 e. The Kier molecular flexibility index (Phi) is 3.61. The van der Waals surface area contributed by atoms with Crippen LogP contribution in [0.5, 0.6) is 5.75 Å². The molecule has 0 aromatic heterocycles. The van der Waals surface area contributed by atoms with Gasteiger partial charge in [-0.3, -0.25) is 4.79 Å². The Labute approximate surface area is 123 Å². The molecule has 0 radical (unpaired) electrons. The molecule has 0 bridgehead atoms. The molecule has 1 saturated carbocycles. The lowest BCUT2D eigenvalue weighted by molar-refractivity contribution is -0.159. The standard InChI is InChI=1S/C15H18ClNO3/c16-12-2-1-3-13(8-12)20-7-6-14(18)17-9-15(19,10-17)11-4-5-11/h1-3,8,11,19H,4-7,9-10H2. The Morgan fingerprint density at radius 1 is 1.45 bits per heavy atom. The van der Waals surface area contributed by atoms with Crippen LogP contribution in [0.4, 0.5) is 0 Å². The van der Waals surface area contributed by atoms with E-state index in [1.165, 1.54) is 0 Å². The second-order valence-electron chi connectivity index (χ2n) is 5.68. The highest BCUT2D eigenvalue weighted by Gasteiger charge is 2.52. The Balaban J connectivity index is 1.40. The summed E-state index contributed by atoms with van der Waals surface area (Å²) in [5.41, 5.74) is -0.608. The predicted molar refractivity (Wildman–Crippen MR) is 75.8 cm³/mol. The van der Waals surface area contributed by atoms with Crippen LogP contribution in [0.3, 0.4) is 0 Å². The SMILES string of the molecule is O=C(CCOc1cccc(Cl)c1)N1CC(O)(C2CC2)C1. The third-order valence-electron chi connectivity index (χ3n) is 4.00. The lowest BCUT2D eigenvalue weighted by atomic mass is 9.88. The van der Waals surface area contributed by atoms with Gasteiger partial charge in [-0.1, -0.05) is 17.7 Å². The molecule has 0 spiro atoms. The summed E-state index contributed by atoms with van der Waals surface area (Å²) in [6.45, 7) is 1.29. The first-order valence-corrected chi connectivity index (χ1v) is 7.33. The van der Waals surface area contributed by atoms with Crippen molar-refractivity contribution in [3.8, 4) is 5.75 Å². The quantitative estimate of drug-likeness (QED) is 0.905. The Morgan fingerprint density at radius 2 is 2.20 bits per heavy atom. The number of rotatable bonds is 5. The van der Waals surface area contributed by atoms with Gasteiger partial charge >= 0.3 is 0 Å². The smallest absolute Gasteiger partial charge is 0.226 e. The lowest BCUT2D eigenvalue weighted by Gasteiger charge is -2.47. The number of aliphatic hydroxyl groups is 1. The van der Waals surface area contributed by atoms with Crippen molar-refractivity contribution in [1.29, 1.82) is 0 Å². The summed E-state index contributed by atoms with van der Waals surface area (Å²) >= 11 is 5.85. The van der Waals surface area contributed by atoms with Crippen molar-refractivity contribution in [3.63, 3.8) is 0 Å². The Morgan fingerprint density at radius 3 is 2.85 bits per heavy atom. The minimum Gasteiger partial charge on any atom is -0.493 e. The first kappa shape index (κ1) is 13.7. The van der Waals surface area contributed by atoms with E-state index < -0.39 is 5.60 Å². The molecule has 1 N–H and O–H groups in total. The third-order valence-corrected chi connectivity index (χ3v) is 4.24. The average Bonchev–Trinajstić information content (AvgIpc) is 3.19. The van der Waals surface area contributed by atoms with Crippen molar-refractivity contribution in [2.45, 2.75) is 24.9 Å². The number of hydrogen-bond acceptors (Lipinski definition) is 3. The monoisotopic (exact) mass is 295 g/mol. The van der Waals surface area contributed by atoms with E-state index in [4.69, 9.17) is 16.3 Å². The topological polar surface area (TPSA) is 49.8 Å². The first-order valence-electron chi connectivity index (χ1n) is 6.95. The van der Waals surface area contributed by atoms with Crippen molar-refractivity contribution in [2.75, 3.05) is 19.7 Å². The van der Waals surface area contributed by atoms with Crippen LogP contribution in [-0.4, -0.2) is 41.2 Å². The zero-order valence-electron chi connectivity index (χ0n) is 11.2. The van der Waals surface area contributed by atoms with Crippen LogP contribution in [0.15, 0.2) is 24.3 Å². The third kappa shape index (κ3) is 2.91. The number of nitrogens with zero attached hydrogens (tertiary/aromatic N) is 1. The fourth-order valence-corrected chi connectivity index (χ4v) is 2.82. The summed E-state index contributed by atoms with van der Waals surface area (Å²) in [6.07, 6.45) is 2.51. The highest BCUT2D eigenvalue weighted by molar-refractivity contribution is 6.30. The Hall–Kier alpha value is -1.26. The first-order chi connectivity index (χ1) is 9.57. The number of benzene rings is 1. The van der Waals surface area contributed by atoms with Gasteiger partial charge in [0.1, 0.15) is 11.4 Å². The van der Waals surface area contributed by atoms with Crippen molar-refractivity contribution in [3.05, 3.63) is 29.3 Å². The van der Waals surface area contributed by atoms with Gasteiger partial charge in [0.25, 0.3) is 0 Å². The number of hydrogen-bond donors (Lipinski definition) is 1. The molecule has 1 amide bonds. The van der Waals surface area contributed by atoms with Crippen molar-refractivity contribution in [2.24, 2.45) is 5.92 Å². The maximum Gasteiger partial charge on any atom is 0.226 e. The van der Waals surface area contributed by atoms with Crippen LogP contribution < -0.4 is 4.74 Å². The molecule has 108 valence electrons. The number of carbonyl (C=O) groups excluding carboxylic acids is 1. The van der Waals surface area contributed by atoms with E-state index in [9.17, 15) is 9.90 Å². The summed E-state index contributed by atoms with van der Waals surface area (Å²) in [5.74, 6) is 1.12. The summed E-state index contributed by atoms with van der Waals surface area (Å²) in [5, 5.41) is 10.8. The molecule has 0 atom stereocenters. The molecule has 3 rings (SSSR count). The minimum atomic E-state index is -0.608. The van der Waals surface area contributed by atoms with Crippen molar-refractivity contribution in [1.82, 2.24) is 4.90 Å². The van der Waals surface area contributed by atoms with Gasteiger partial charge in [-0.25, -0.2) is 0 Å². The van der Waals surface area contributed by atoms with Crippen molar-refractivity contribution >= 4 is 17.5 Å². The molecule has 1 aromatic rings. The van der Waals surface area contributed by atoms with Gasteiger partial charge in [-0.15, -0.1) is 0 Å². The molecule has 2 fully saturated rings. The van der Waals surface area contributed by atoms with E-state index in [1.807, 2.05) is 12.1 Å². The molecular formula is C15H18ClNO3. The Bertz CT molecular complexity index is 510. The number of β-amino-alcohol motifs (C(OH)–C–C–N with tert-alkyl or cyclic N) is 1. The average molecular weight is 296 g/mol. The van der Waals surface area contributed by atoms with E-state index in [0.717, 1.165) is 12.8 Å². The molecular weight excluding hydrogens is 278 g/mol. The summed E-state index contributed by atoms with van der Waals surface area (Å²) < 4.78 is 5.49. The van der Waals surface area contributed by atoms with Crippen LogP contribution >= 0.6 is 11.6 Å². The zero-order chi connectivity index (χ0) is 14.2. The van der Waals surface area contributed by atoms with E-state index in [2.05, 4.69) is 0 Å². The second kappa shape index (κ2) is 5.26. The molecule has 1 aromatic carbocycles. The van der Waals surface area contributed by atoms with Crippen LogP contribution in [0.2, 0.25) is 5.02 Å². The van der Waals surface area contributed by atoms with Gasteiger partial charge in [-0.2, -0.15) is 0 Å². The molecule has 1 aliphatic heterocycles. The van der Waals surface area contributed by atoms with Gasteiger partial charge in [0.2, 0.25) is 5.91 Å². The second-order valence-corrected chi connectivity index (χ2v) is 6.12. The maximum atomic E-state index is 11.9.